The normalized spacial score (nSPS) is 19.8. The van der Waals surface area contributed by atoms with Crippen molar-refractivity contribution in [3.8, 4) is 5.75 Å². The lowest BCUT2D eigenvalue weighted by Gasteiger charge is -2.29. The Bertz CT molecular complexity index is 401. The summed E-state index contributed by atoms with van der Waals surface area (Å²) in [4.78, 5) is 2.34. The molecule has 1 aliphatic rings. The van der Waals surface area contributed by atoms with Crippen molar-refractivity contribution >= 4 is 15.9 Å². The van der Waals surface area contributed by atoms with Gasteiger partial charge in [0.2, 0.25) is 0 Å². The summed E-state index contributed by atoms with van der Waals surface area (Å²) < 4.78 is 7.05. The first-order chi connectivity index (χ1) is 8.56. The maximum absolute atomic E-state index is 6.05. The molecule has 0 spiro atoms. The van der Waals surface area contributed by atoms with Gasteiger partial charge < -0.3 is 15.4 Å². The number of benzene rings is 1. The van der Waals surface area contributed by atoms with Gasteiger partial charge in [0.15, 0.2) is 0 Å². The van der Waals surface area contributed by atoms with E-state index in [1.165, 1.54) is 0 Å². The Morgan fingerprint density at radius 3 is 2.61 bits per heavy atom. The summed E-state index contributed by atoms with van der Waals surface area (Å²) >= 11 is 3.56. The van der Waals surface area contributed by atoms with Gasteiger partial charge >= 0.3 is 0 Å². The van der Waals surface area contributed by atoms with Crippen molar-refractivity contribution in [2.24, 2.45) is 5.73 Å². The summed E-state index contributed by atoms with van der Waals surface area (Å²) in [6.07, 6.45) is 2.52. The predicted octanol–water partition coefficient (Wildman–Crippen LogP) is 2.94. The van der Waals surface area contributed by atoms with Gasteiger partial charge in [0.25, 0.3) is 0 Å². The van der Waals surface area contributed by atoms with Crippen LogP contribution in [0, 0.1) is 0 Å². The summed E-state index contributed by atoms with van der Waals surface area (Å²) in [5.74, 6) is 0.925. The zero-order valence-electron chi connectivity index (χ0n) is 11.0. The van der Waals surface area contributed by atoms with Crippen LogP contribution in [0.5, 0.6) is 5.75 Å². The SMILES string of the molecule is C[C@@H](N)c1ccc(OC2CCN(C)CC2)c(Br)c1. The third kappa shape index (κ3) is 3.46. The summed E-state index contributed by atoms with van der Waals surface area (Å²) in [7, 11) is 2.16. The molecule has 3 nitrogen and oxygen atoms in total. The Kier molecular flexibility index (Phi) is 4.65. The molecular weight excluding hydrogens is 292 g/mol. The van der Waals surface area contributed by atoms with Crippen molar-refractivity contribution in [2.45, 2.75) is 31.9 Å². The number of nitrogens with two attached hydrogens (primary N) is 1. The quantitative estimate of drug-likeness (QED) is 0.932. The van der Waals surface area contributed by atoms with Crippen LogP contribution in [0.2, 0.25) is 0 Å². The standard InChI is InChI=1S/C14H21BrN2O/c1-10(16)11-3-4-14(13(15)9-11)18-12-5-7-17(2)8-6-12/h3-4,9-10,12H,5-8,16H2,1-2H3/t10-/m1/s1. The predicted molar refractivity (Wildman–Crippen MR) is 77.9 cm³/mol. The first-order valence-electron chi connectivity index (χ1n) is 6.46. The molecule has 1 atom stereocenters. The molecule has 2 rings (SSSR count). The van der Waals surface area contributed by atoms with Gasteiger partial charge in [-0.25, -0.2) is 0 Å². The Labute approximate surface area is 117 Å². The first kappa shape index (κ1) is 13.8. The molecule has 18 heavy (non-hydrogen) atoms. The molecule has 0 amide bonds. The third-order valence-corrected chi connectivity index (χ3v) is 4.06. The fourth-order valence-corrected chi connectivity index (χ4v) is 2.67. The molecule has 1 fully saturated rings. The van der Waals surface area contributed by atoms with Gasteiger partial charge in [0.05, 0.1) is 4.47 Å². The second-order valence-electron chi connectivity index (χ2n) is 5.10. The number of hydrogen-bond acceptors (Lipinski definition) is 3. The van der Waals surface area contributed by atoms with Crippen molar-refractivity contribution in [2.75, 3.05) is 20.1 Å². The number of ether oxygens (including phenoxy) is 1. The highest BCUT2D eigenvalue weighted by Crippen LogP contribution is 2.30. The van der Waals surface area contributed by atoms with E-state index in [0.29, 0.717) is 6.10 Å². The van der Waals surface area contributed by atoms with Gasteiger partial charge in [-0.2, -0.15) is 0 Å². The Morgan fingerprint density at radius 2 is 2.06 bits per heavy atom. The van der Waals surface area contributed by atoms with E-state index in [0.717, 1.165) is 41.7 Å². The average molecular weight is 313 g/mol. The van der Waals surface area contributed by atoms with E-state index in [9.17, 15) is 0 Å². The molecule has 1 aliphatic heterocycles. The third-order valence-electron chi connectivity index (χ3n) is 3.44. The molecule has 0 bridgehead atoms. The first-order valence-corrected chi connectivity index (χ1v) is 7.26. The number of rotatable bonds is 3. The molecule has 2 N–H and O–H groups in total. The van der Waals surface area contributed by atoms with E-state index in [1.807, 2.05) is 19.1 Å². The van der Waals surface area contributed by atoms with Gasteiger partial charge in [-0.1, -0.05) is 6.07 Å². The van der Waals surface area contributed by atoms with E-state index in [1.54, 1.807) is 0 Å². The van der Waals surface area contributed by atoms with Crippen LogP contribution < -0.4 is 10.5 Å². The molecule has 0 unspecified atom stereocenters. The topological polar surface area (TPSA) is 38.5 Å². The molecule has 1 aromatic carbocycles. The Morgan fingerprint density at radius 1 is 1.39 bits per heavy atom. The lowest BCUT2D eigenvalue weighted by molar-refractivity contribution is 0.113. The van der Waals surface area contributed by atoms with Crippen molar-refractivity contribution < 1.29 is 4.74 Å². The van der Waals surface area contributed by atoms with Crippen LogP contribution >= 0.6 is 15.9 Å². The van der Waals surface area contributed by atoms with E-state index in [4.69, 9.17) is 10.5 Å². The van der Waals surface area contributed by atoms with Crippen LogP contribution in [-0.4, -0.2) is 31.1 Å². The van der Waals surface area contributed by atoms with Gasteiger partial charge in [0.1, 0.15) is 11.9 Å². The highest BCUT2D eigenvalue weighted by atomic mass is 79.9. The molecule has 1 heterocycles. The van der Waals surface area contributed by atoms with E-state index < -0.39 is 0 Å². The minimum absolute atomic E-state index is 0.0543. The van der Waals surface area contributed by atoms with Crippen LogP contribution in [0.4, 0.5) is 0 Å². The van der Waals surface area contributed by atoms with Crippen molar-refractivity contribution in [3.63, 3.8) is 0 Å². The molecular formula is C14H21BrN2O. The molecule has 0 aliphatic carbocycles. The van der Waals surface area contributed by atoms with Gasteiger partial charge in [-0.15, -0.1) is 0 Å². The Balaban J connectivity index is 2.01. The lowest BCUT2D eigenvalue weighted by Crippen LogP contribution is -2.35. The zero-order chi connectivity index (χ0) is 13.1. The summed E-state index contributed by atoms with van der Waals surface area (Å²) in [6.45, 7) is 4.21. The number of piperidine rings is 1. The van der Waals surface area contributed by atoms with Crippen LogP contribution in [0.25, 0.3) is 0 Å². The second kappa shape index (κ2) is 6.04. The van der Waals surface area contributed by atoms with Crippen LogP contribution in [0.3, 0.4) is 0 Å². The number of halogens is 1. The number of nitrogens with zero attached hydrogens (tertiary/aromatic N) is 1. The fourth-order valence-electron chi connectivity index (χ4n) is 2.18. The number of likely N-dealkylation sites (tertiary alicyclic amines) is 1. The summed E-state index contributed by atoms with van der Waals surface area (Å²) in [6, 6.07) is 6.16. The highest BCUT2D eigenvalue weighted by molar-refractivity contribution is 9.10. The Hall–Kier alpha value is -0.580. The minimum atomic E-state index is 0.0543. The molecule has 0 aromatic heterocycles. The molecule has 1 aromatic rings. The lowest BCUT2D eigenvalue weighted by atomic mass is 10.1. The monoisotopic (exact) mass is 312 g/mol. The van der Waals surface area contributed by atoms with Crippen molar-refractivity contribution in [1.29, 1.82) is 0 Å². The highest BCUT2D eigenvalue weighted by Gasteiger charge is 2.19. The number of hydrogen-bond donors (Lipinski definition) is 1. The second-order valence-corrected chi connectivity index (χ2v) is 5.95. The van der Waals surface area contributed by atoms with Gasteiger partial charge in [0, 0.05) is 19.1 Å². The van der Waals surface area contributed by atoms with Gasteiger partial charge in [-0.3, -0.25) is 0 Å². The van der Waals surface area contributed by atoms with Gasteiger partial charge in [-0.05, 0) is 60.4 Å². The van der Waals surface area contributed by atoms with Crippen molar-refractivity contribution in [3.05, 3.63) is 28.2 Å². The van der Waals surface area contributed by atoms with E-state index in [2.05, 4.69) is 33.9 Å². The smallest absolute Gasteiger partial charge is 0.133 e. The van der Waals surface area contributed by atoms with Crippen LogP contribution in [0.15, 0.2) is 22.7 Å². The maximum Gasteiger partial charge on any atom is 0.133 e. The molecule has 0 saturated carbocycles. The van der Waals surface area contributed by atoms with Crippen LogP contribution in [0.1, 0.15) is 31.4 Å². The molecule has 1 saturated heterocycles. The fraction of sp³-hybridized carbons (Fsp3) is 0.571. The summed E-state index contributed by atoms with van der Waals surface area (Å²) in [5.41, 5.74) is 6.99. The maximum atomic E-state index is 6.05. The average Bonchev–Trinajstić information content (AvgIpc) is 2.34. The summed E-state index contributed by atoms with van der Waals surface area (Å²) in [5, 5.41) is 0. The minimum Gasteiger partial charge on any atom is -0.489 e. The van der Waals surface area contributed by atoms with E-state index >= 15 is 0 Å². The molecule has 0 radical (unpaired) electrons. The van der Waals surface area contributed by atoms with E-state index in [-0.39, 0.29) is 6.04 Å². The van der Waals surface area contributed by atoms with Crippen molar-refractivity contribution in [1.82, 2.24) is 4.90 Å². The molecule has 100 valence electrons. The molecule has 4 heteroatoms. The zero-order valence-corrected chi connectivity index (χ0v) is 12.6. The largest absolute Gasteiger partial charge is 0.489 e. The van der Waals surface area contributed by atoms with Crippen LogP contribution in [-0.2, 0) is 0 Å².